The zero-order valence-electron chi connectivity index (χ0n) is 12.1. The van der Waals surface area contributed by atoms with Crippen LogP contribution in [0.15, 0.2) is 12.1 Å². The molecule has 0 spiro atoms. The summed E-state index contributed by atoms with van der Waals surface area (Å²) in [7, 11) is 4.22. The first-order chi connectivity index (χ1) is 7.99. The van der Waals surface area contributed by atoms with E-state index in [0.29, 0.717) is 6.04 Å². The van der Waals surface area contributed by atoms with Crippen LogP contribution >= 0.6 is 0 Å². The lowest BCUT2D eigenvalue weighted by atomic mass is 9.94. The lowest BCUT2D eigenvalue weighted by Crippen LogP contribution is -2.32. The van der Waals surface area contributed by atoms with E-state index in [4.69, 9.17) is 0 Å². The van der Waals surface area contributed by atoms with Crippen molar-refractivity contribution in [2.75, 3.05) is 27.2 Å². The molecule has 2 heteroatoms. The topological polar surface area (TPSA) is 15.3 Å². The van der Waals surface area contributed by atoms with Crippen molar-refractivity contribution in [2.45, 2.75) is 33.7 Å². The van der Waals surface area contributed by atoms with Gasteiger partial charge in [-0.1, -0.05) is 24.6 Å². The summed E-state index contributed by atoms with van der Waals surface area (Å²) in [4.78, 5) is 2.35. The van der Waals surface area contributed by atoms with Gasteiger partial charge in [0.2, 0.25) is 0 Å². The number of nitrogens with one attached hydrogen (secondary N) is 1. The van der Waals surface area contributed by atoms with Gasteiger partial charge in [-0.25, -0.2) is 0 Å². The molecular weight excluding hydrogens is 208 g/mol. The normalized spacial score (nSPS) is 13.1. The fourth-order valence-corrected chi connectivity index (χ4v) is 2.51. The molecular formula is C15H26N2. The van der Waals surface area contributed by atoms with Crippen molar-refractivity contribution >= 4 is 0 Å². The second kappa shape index (κ2) is 6.18. The van der Waals surface area contributed by atoms with Crippen LogP contribution in [0.25, 0.3) is 0 Å². The van der Waals surface area contributed by atoms with E-state index in [0.717, 1.165) is 13.1 Å². The monoisotopic (exact) mass is 234 g/mol. The predicted molar refractivity (Wildman–Crippen MR) is 75.6 cm³/mol. The molecule has 2 nitrogen and oxygen atoms in total. The highest BCUT2D eigenvalue weighted by atomic mass is 15.1. The molecule has 1 rings (SSSR count). The summed E-state index contributed by atoms with van der Waals surface area (Å²) in [6, 6.07) is 4.97. The largest absolute Gasteiger partial charge is 0.312 e. The highest BCUT2D eigenvalue weighted by Crippen LogP contribution is 2.23. The Balaban J connectivity index is 3.03. The minimum Gasteiger partial charge on any atom is -0.312 e. The van der Waals surface area contributed by atoms with Gasteiger partial charge in [0.25, 0.3) is 0 Å². The first-order valence-corrected chi connectivity index (χ1v) is 6.43. The van der Waals surface area contributed by atoms with Crippen molar-refractivity contribution in [3.63, 3.8) is 0 Å². The van der Waals surface area contributed by atoms with E-state index in [1.165, 1.54) is 22.3 Å². The van der Waals surface area contributed by atoms with Gasteiger partial charge in [-0.05, 0) is 58.1 Å². The lowest BCUT2D eigenvalue weighted by Gasteiger charge is -2.26. The van der Waals surface area contributed by atoms with Crippen LogP contribution in [0.5, 0.6) is 0 Å². The van der Waals surface area contributed by atoms with Gasteiger partial charge in [0.15, 0.2) is 0 Å². The number of aryl methyl sites for hydroxylation is 3. The molecule has 0 bridgehead atoms. The number of rotatable bonds is 5. The number of benzene rings is 1. The molecule has 0 saturated heterocycles. The lowest BCUT2D eigenvalue weighted by molar-refractivity contribution is 0.310. The van der Waals surface area contributed by atoms with Gasteiger partial charge in [0.1, 0.15) is 0 Å². The second-order valence-electron chi connectivity index (χ2n) is 5.01. The van der Waals surface area contributed by atoms with E-state index in [-0.39, 0.29) is 0 Å². The Morgan fingerprint density at radius 3 is 2.12 bits per heavy atom. The minimum absolute atomic E-state index is 0.417. The highest BCUT2D eigenvalue weighted by molar-refractivity contribution is 5.39. The van der Waals surface area contributed by atoms with Gasteiger partial charge >= 0.3 is 0 Å². The van der Waals surface area contributed by atoms with Gasteiger partial charge in [-0.15, -0.1) is 0 Å². The fourth-order valence-electron chi connectivity index (χ4n) is 2.51. The summed E-state index contributed by atoms with van der Waals surface area (Å²) in [5.41, 5.74) is 5.60. The van der Waals surface area contributed by atoms with Crippen LogP contribution in [0.1, 0.15) is 35.2 Å². The van der Waals surface area contributed by atoms with Gasteiger partial charge in [-0.3, -0.25) is 0 Å². The summed E-state index contributed by atoms with van der Waals surface area (Å²) in [5.74, 6) is 0. The minimum atomic E-state index is 0.417. The smallest absolute Gasteiger partial charge is 0.0452 e. The molecule has 0 aromatic heterocycles. The Labute approximate surface area is 106 Å². The molecule has 0 aliphatic rings. The van der Waals surface area contributed by atoms with E-state index in [1.54, 1.807) is 0 Å². The Kier molecular flexibility index (Phi) is 5.16. The van der Waals surface area contributed by atoms with Crippen LogP contribution in [0, 0.1) is 20.8 Å². The summed E-state index contributed by atoms with van der Waals surface area (Å²) in [5, 5.41) is 3.44. The summed E-state index contributed by atoms with van der Waals surface area (Å²) in [6.45, 7) is 10.9. The molecule has 17 heavy (non-hydrogen) atoms. The molecule has 1 aromatic rings. The maximum atomic E-state index is 3.44. The first-order valence-electron chi connectivity index (χ1n) is 6.43. The van der Waals surface area contributed by atoms with Crippen molar-refractivity contribution in [3.8, 4) is 0 Å². The van der Waals surface area contributed by atoms with Gasteiger partial charge < -0.3 is 10.2 Å². The molecule has 0 radical (unpaired) electrons. The fraction of sp³-hybridized carbons (Fsp3) is 0.600. The third-order valence-electron chi connectivity index (χ3n) is 3.47. The molecule has 0 heterocycles. The van der Waals surface area contributed by atoms with Crippen molar-refractivity contribution in [3.05, 3.63) is 34.4 Å². The maximum absolute atomic E-state index is 3.44. The van der Waals surface area contributed by atoms with Crippen molar-refractivity contribution in [1.82, 2.24) is 10.2 Å². The molecule has 1 aromatic carbocycles. The van der Waals surface area contributed by atoms with Gasteiger partial charge in [-0.2, -0.15) is 0 Å². The zero-order chi connectivity index (χ0) is 13.0. The quantitative estimate of drug-likeness (QED) is 0.843. The molecule has 0 saturated carbocycles. The van der Waals surface area contributed by atoms with Crippen molar-refractivity contribution < 1.29 is 0 Å². The van der Waals surface area contributed by atoms with Crippen molar-refractivity contribution in [1.29, 1.82) is 0 Å². The number of nitrogens with zero attached hydrogens (tertiary/aromatic N) is 1. The van der Waals surface area contributed by atoms with E-state index < -0.39 is 0 Å². The molecule has 0 fully saturated rings. The van der Waals surface area contributed by atoms with E-state index in [2.05, 4.69) is 57.1 Å². The summed E-state index contributed by atoms with van der Waals surface area (Å²) < 4.78 is 0. The predicted octanol–water partition coefficient (Wildman–Crippen LogP) is 2.82. The average molecular weight is 234 g/mol. The maximum Gasteiger partial charge on any atom is 0.0452 e. The Morgan fingerprint density at radius 2 is 1.71 bits per heavy atom. The SMILES string of the molecule is CCN(C)CC(NC)c1c(C)cc(C)cc1C. The molecule has 1 atom stereocenters. The zero-order valence-corrected chi connectivity index (χ0v) is 12.1. The van der Waals surface area contributed by atoms with E-state index in [1.807, 2.05) is 7.05 Å². The molecule has 96 valence electrons. The van der Waals surface area contributed by atoms with Crippen LogP contribution in [0.3, 0.4) is 0 Å². The molecule has 1 unspecified atom stereocenters. The van der Waals surface area contributed by atoms with E-state index >= 15 is 0 Å². The highest BCUT2D eigenvalue weighted by Gasteiger charge is 2.16. The van der Waals surface area contributed by atoms with Gasteiger partial charge in [0, 0.05) is 12.6 Å². The van der Waals surface area contributed by atoms with Crippen LogP contribution in [0.4, 0.5) is 0 Å². The number of likely N-dealkylation sites (N-methyl/N-ethyl adjacent to an activating group) is 2. The average Bonchev–Trinajstić information content (AvgIpc) is 2.25. The Bertz CT molecular complexity index is 348. The second-order valence-corrected chi connectivity index (χ2v) is 5.01. The van der Waals surface area contributed by atoms with Crippen LogP contribution in [-0.2, 0) is 0 Å². The number of hydrogen-bond acceptors (Lipinski definition) is 2. The van der Waals surface area contributed by atoms with Crippen LogP contribution in [0.2, 0.25) is 0 Å². The van der Waals surface area contributed by atoms with Crippen molar-refractivity contribution in [2.24, 2.45) is 0 Å². The number of hydrogen-bond donors (Lipinski definition) is 1. The summed E-state index contributed by atoms with van der Waals surface area (Å²) >= 11 is 0. The molecule has 0 aliphatic carbocycles. The first kappa shape index (κ1) is 14.2. The third-order valence-corrected chi connectivity index (χ3v) is 3.47. The Hall–Kier alpha value is -0.860. The molecule has 1 N–H and O–H groups in total. The molecule has 0 amide bonds. The van der Waals surface area contributed by atoms with Crippen LogP contribution in [-0.4, -0.2) is 32.1 Å². The standard InChI is InChI=1S/C15H26N2/c1-7-17(6)10-14(16-5)15-12(3)8-11(2)9-13(15)4/h8-9,14,16H,7,10H2,1-6H3. The third kappa shape index (κ3) is 3.55. The Morgan fingerprint density at radius 1 is 1.18 bits per heavy atom. The molecule has 0 aliphatic heterocycles. The van der Waals surface area contributed by atoms with E-state index in [9.17, 15) is 0 Å². The van der Waals surface area contributed by atoms with Crippen LogP contribution < -0.4 is 5.32 Å². The van der Waals surface area contributed by atoms with Gasteiger partial charge in [0.05, 0.1) is 0 Å². The summed E-state index contributed by atoms with van der Waals surface area (Å²) in [6.07, 6.45) is 0.